The second-order valence-corrected chi connectivity index (χ2v) is 5.34. The molecule has 0 radical (unpaired) electrons. The van der Waals surface area contributed by atoms with E-state index < -0.39 is 0 Å². The predicted octanol–water partition coefficient (Wildman–Crippen LogP) is 3.99. The van der Waals surface area contributed by atoms with Crippen LogP contribution in [0, 0.1) is 6.92 Å². The molecule has 0 fully saturated rings. The maximum Gasteiger partial charge on any atom is 0.267 e. The number of hydrogen-bond acceptors (Lipinski definition) is 6. The fourth-order valence-electron chi connectivity index (χ4n) is 2.25. The van der Waals surface area contributed by atoms with Crippen LogP contribution in [0.15, 0.2) is 58.2 Å². The number of ether oxygens (including phenoxy) is 1. The van der Waals surface area contributed by atoms with Crippen LogP contribution in [-0.4, -0.2) is 23.0 Å². The molecule has 0 saturated carbocycles. The van der Waals surface area contributed by atoms with Gasteiger partial charge in [0.05, 0.1) is 12.8 Å². The molecule has 1 aromatic heterocycles. The molecule has 6 nitrogen and oxygen atoms in total. The molecule has 0 saturated heterocycles. The number of nitrogens with zero attached hydrogens (tertiary/aromatic N) is 3. The summed E-state index contributed by atoms with van der Waals surface area (Å²) in [4.78, 5) is 9.55. The average molecular weight is 337 g/mol. The fourth-order valence-corrected chi connectivity index (χ4v) is 2.25. The van der Waals surface area contributed by atoms with Crippen molar-refractivity contribution in [1.29, 1.82) is 0 Å². The van der Waals surface area contributed by atoms with Crippen molar-refractivity contribution in [2.45, 2.75) is 20.5 Å². The predicted molar refractivity (Wildman–Crippen MR) is 94.5 cm³/mol. The van der Waals surface area contributed by atoms with Crippen LogP contribution >= 0.6 is 0 Å². The Hall–Kier alpha value is -3.15. The van der Waals surface area contributed by atoms with Crippen molar-refractivity contribution >= 4 is 6.21 Å². The number of aromatic nitrogens is 2. The van der Waals surface area contributed by atoms with Crippen LogP contribution < -0.4 is 4.74 Å². The van der Waals surface area contributed by atoms with Crippen molar-refractivity contribution in [2.24, 2.45) is 5.16 Å². The molecule has 0 aliphatic carbocycles. The van der Waals surface area contributed by atoms with E-state index in [0.717, 1.165) is 22.4 Å². The largest absolute Gasteiger partial charge is 0.494 e. The van der Waals surface area contributed by atoms with Crippen LogP contribution in [0.4, 0.5) is 0 Å². The number of hydrogen-bond donors (Lipinski definition) is 0. The third kappa shape index (κ3) is 4.44. The van der Waals surface area contributed by atoms with Gasteiger partial charge in [-0.05, 0) is 49.2 Å². The first kappa shape index (κ1) is 16.7. The Balaban J connectivity index is 1.55. The van der Waals surface area contributed by atoms with Gasteiger partial charge in [-0.15, -0.1) is 0 Å². The Morgan fingerprint density at radius 1 is 1.12 bits per heavy atom. The lowest BCUT2D eigenvalue weighted by molar-refractivity contribution is 0.107. The van der Waals surface area contributed by atoms with Crippen LogP contribution in [0.25, 0.3) is 11.4 Å². The van der Waals surface area contributed by atoms with Gasteiger partial charge in [0.25, 0.3) is 5.89 Å². The molecule has 0 atom stereocenters. The van der Waals surface area contributed by atoms with Gasteiger partial charge in [-0.1, -0.05) is 34.6 Å². The van der Waals surface area contributed by atoms with Gasteiger partial charge in [-0.3, -0.25) is 0 Å². The zero-order valence-electron chi connectivity index (χ0n) is 14.2. The van der Waals surface area contributed by atoms with Crippen LogP contribution in [0.2, 0.25) is 0 Å². The summed E-state index contributed by atoms with van der Waals surface area (Å²) in [5, 5.41) is 7.90. The summed E-state index contributed by atoms with van der Waals surface area (Å²) >= 11 is 0. The number of aryl methyl sites for hydroxylation is 1. The van der Waals surface area contributed by atoms with Gasteiger partial charge in [-0.25, -0.2) is 0 Å². The lowest BCUT2D eigenvalue weighted by atomic mass is 10.1. The van der Waals surface area contributed by atoms with Crippen LogP contribution in [0.3, 0.4) is 0 Å². The summed E-state index contributed by atoms with van der Waals surface area (Å²) in [6, 6.07) is 15.4. The van der Waals surface area contributed by atoms with Crippen molar-refractivity contribution < 1.29 is 14.1 Å². The van der Waals surface area contributed by atoms with E-state index in [1.165, 1.54) is 0 Å². The molecule has 0 aliphatic rings. The Labute approximate surface area is 146 Å². The third-order valence-electron chi connectivity index (χ3n) is 3.51. The van der Waals surface area contributed by atoms with E-state index in [2.05, 4.69) is 15.3 Å². The molecule has 25 heavy (non-hydrogen) atoms. The lowest BCUT2D eigenvalue weighted by Gasteiger charge is -2.01. The minimum absolute atomic E-state index is 0.117. The van der Waals surface area contributed by atoms with Gasteiger partial charge in [0, 0.05) is 5.56 Å². The maximum atomic E-state index is 5.39. The quantitative estimate of drug-likeness (QED) is 0.481. The van der Waals surface area contributed by atoms with Crippen LogP contribution in [-0.2, 0) is 11.4 Å². The van der Waals surface area contributed by atoms with Gasteiger partial charge in [0.15, 0.2) is 6.61 Å². The topological polar surface area (TPSA) is 69.7 Å². The Morgan fingerprint density at radius 3 is 2.68 bits per heavy atom. The summed E-state index contributed by atoms with van der Waals surface area (Å²) in [7, 11) is 0. The van der Waals surface area contributed by atoms with Crippen molar-refractivity contribution in [2.75, 3.05) is 6.61 Å². The van der Waals surface area contributed by atoms with E-state index in [9.17, 15) is 0 Å². The molecule has 0 amide bonds. The Kier molecular flexibility index (Phi) is 5.41. The van der Waals surface area contributed by atoms with Crippen molar-refractivity contribution in [1.82, 2.24) is 10.1 Å². The minimum atomic E-state index is 0.117. The first-order valence-electron chi connectivity index (χ1n) is 8.03. The smallest absolute Gasteiger partial charge is 0.267 e. The highest BCUT2D eigenvalue weighted by Gasteiger charge is 2.10. The van der Waals surface area contributed by atoms with Gasteiger partial charge >= 0.3 is 0 Å². The maximum absolute atomic E-state index is 5.39. The zero-order valence-corrected chi connectivity index (χ0v) is 14.2. The monoisotopic (exact) mass is 337 g/mol. The second kappa shape index (κ2) is 8.10. The minimum Gasteiger partial charge on any atom is -0.494 e. The molecule has 2 aromatic carbocycles. The van der Waals surface area contributed by atoms with E-state index in [1.807, 2.05) is 62.4 Å². The number of benzene rings is 2. The lowest BCUT2D eigenvalue weighted by Crippen LogP contribution is -1.92. The highest BCUT2D eigenvalue weighted by Crippen LogP contribution is 2.19. The molecule has 128 valence electrons. The standard InChI is InChI=1S/C19H19N3O3/c1-3-23-16-10-8-15(9-11-16)12-20-24-13-18-21-19(22-25-18)17-7-5-4-6-14(17)2/h4-12H,3,13H2,1-2H3/b20-12-. The number of rotatable bonds is 7. The van der Waals surface area contributed by atoms with Gasteiger partial charge in [0.2, 0.25) is 5.82 Å². The van der Waals surface area contributed by atoms with Crippen molar-refractivity contribution in [3.63, 3.8) is 0 Å². The van der Waals surface area contributed by atoms with Crippen molar-refractivity contribution in [3.8, 4) is 17.1 Å². The molecule has 0 N–H and O–H groups in total. The molecule has 1 heterocycles. The molecular formula is C19H19N3O3. The molecule has 3 aromatic rings. The summed E-state index contributed by atoms with van der Waals surface area (Å²) < 4.78 is 10.6. The molecule has 0 spiro atoms. The van der Waals surface area contributed by atoms with E-state index in [4.69, 9.17) is 14.1 Å². The Bertz CT molecular complexity index is 841. The van der Waals surface area contributed by atoms with Crippen LogP contribution in [0.5, 0.6) is 5.75 Å². The molecule has 3 rings (SSSR count). The molecule has 0 bridgehead atoms. The van der Waals surface area contributed by atoms with Crippen molar-refractivity contribution in [3.05, 3.63) is 65.5 Å². The zero-order chi connectivity index (χ0) is 17.5. The van der Waals surface area contributed by atoms with Gasteiger partial charge in [0.1, 0.15) is 5.75 Å². The van der Waals surface area contributed by atoms with E-state index in [0.29, 0.717) is 18.3 Å². The SMILES string of the molecule is CCOc1ccc(/C=N\OCc2nc(-c3ccccc3C)no2)cc1. The summed E-state index contributed by atoms with van der Waals surface area (Å²) in [5.74, 6) is 1.75. The average Bonchev–Trinajstić information content (AvgIpc) is 3.09. The molecular weight excluding hydrogens is 318 g/mol. The summed E-state index contributed by atoms with van der Waals surface area (Å²) in [5.41, 5.74) is 2.94. The first-order chi connectivity index (χ1) is 12.3. The van der Waals surface area contributed by atoms with E-state index in [1.54, 1.807) is 6.21 Å². The summed E-state index contributed by atoms with van der Waals surface area (Å²) in [6.07, 6.45) is 1.62. The van der Waals surface area contributed by atoms with E-state index in [-0.39, 0.29) is 6.61 Å². The molecule has 6 heteroatoms. The summed E-state index contributed by atoms with van der Waals surface area (Å²) in [6.45, 7) is 4.71. The van der Waals surface area contributed by atoms with Gasteiger partial charge in [-0.2, -0.15) is 4.98 Å². The van der Waals surface area contributed by atoms with Gasteiger partial charge < -0.3 is 14.1 Å². The second-order valence-electron chi connectivity index (χ2n) is 5.34. The van der Waals surface area contributed by atoms with Crippen LogP contribution in [0.1, 0.15) is 23.9 Å². The van der Waals surface area contributed by atoms with E-state index >= 15 is 0 Å². The highest BCUT2D eigenvalue weighted by molar-refractivity contribution is 5.79. The normalized spacial score (nSPS) is 11.0. The Morgan fingerprint density at radius 2 is 1.92 bits per heavy atom. The fraction of sp³-hybridized carbons (Fsp3) is 0.211. The molecule has 0 aliphatic heterocycles. The highest BCUT2D eigenvalue weighted by atomic mass is 16.6. The molecule has 0 unspecified atom stereocenters. The third-order valence-corrected chi connectivity index (χ3v) is 3.51. The number of oxime groups is 1. The first-order valence-corrected chi connectivity index (χ1v) is 8.03.